The number of rotatable bonds is 6. The minimum Gasteiger partial charge on any atom is -0.425 e. The molecule has 0 bridgehead atoms. The largest absolute Gasteiger partial charge is 0.425 e. The summed E-state index contributed by atoms with van der Waals surface area (Å²) < 4.78 is 5.42. The first kappa shape index (κ1) is 16.6. The Morgan fingerprint density at radius 1 is 1.35 bits per heavy atom. The van der Waals surface area contributed by atoms with Crippen LogP contribution in [0.2, 0.25) is 0 Å². The fourth-order valence-electron chi connectivity index (χ4n) is 1.43. The van der Waals surface area contributed by atoms with Gasteiger partial charge in [-0.3, -0.25) is 4.79 Å². The molecule has 0 aliphatic heterocycles. The van der Waals surface area contributed by atoms with E-state index in [0.717, 1.165) is 0 Å². The number of hydrogen-bond acceptors (Lipinski definition) is 5. The van der Waals surface area contributed by atoms with Crippen LogP contribution < -0.4 is 5.32 Å². The van der Waals surface area contributed by atoms with E-state index in [-0.39, 0.29) is 30.2 Å². The van der Waals surface area contributed by atoms with Gasteiger partial charge in [-0.05, 0) is 5.41 Å². The molecule has 0 aliphatic carbocycles. The van der Waals surface area contributed by atoms with Crippen LogP contribution >= 0.6 is 0 Å². The number of carbonyl (C=O) groups excluding carboxylic acids is 1. The van der Waals surface area contributed by atoms with Crippen LogP contribution in [0, 0.1) is 5.41 Å². The molecule has 0 saturated heterocycles. The van der Waals surface area contributed by atoms with Crippen molar-refractivity contribution in [3.05, 3.63) is 11.8 Å². The molecule has 1 atom stereocenters. The molecule has 6 nitrogen and oxygen atoms in total. The fourth-order valence-corrected chi connectivity index (χ4v) is 1.43. The first-order chi connectivity index (χ1) is 9.20. The molecule has 0 spiro atoms. The number of aliphatic hydroxyl groups is 1. The van der Waals surface area contributed by atoms with Crippen LogP contribution in [-0.4, -0.2) is 33.9 Å². The van der Waals surface area contributed by atoms with Gasteiger partial charge in [0.1, 0.15) is 0 Å². The minimum atomic E-state index is -0.567. The van der Waals surface area contributed by atoms with Gasteiger partial charge in [0.2, 0.25) is 17.7 Å². The number of aryl methyl sites for hydroxylation is 1. The second-order valence-electron chi connectivity index (χ2n) is 6.37. The van der Waals surface area contributed by atoms with Gasteiger partial charge in [0.15, 0.2) is 0 Å². The molecule has 1 heterocycles. The highest BCUT2D eigenvalue weighted by Crippen LogP contribution is 2.18. The van der Waals surface area contributed by atoms with Gasteiger partial charge in [0.05, 0.1) is 6.10 Å². The van der Waals surface area contributed by atoms with Gasteiger partial charge in [-0.1, -0.05) is 34.6 Å². The van der Waals surface area contributed by atoms with Crippen molar-refractivity contribution in [2.24, 2.45) is 5.41 Å². The van der Waals surface area contributed by atoms with Crippen LogP contribution in [-0.2, 0) is 11.2 Å². The Morgan fingerprint density at radius 2 is 2.00 bits per heavy atom. The van der Waals surface area contributed by atoms with Crippen molar-refractivity contribution in [3.8, 4) is 0 Å². The van der Waals surface area contributed by atoms with E-state index in [4.69, 9.17) is 4.42 Å². The summed E-state index contributed by atoms with van der Waals surface area (Å²) in [4.78, 5) is 11.7. The lowest BCUT2D eigenvalue weighted by molar-refractivity contribution is -0.121. The number of aliphatic hydroxyl groups excluding tert-OH is 1. The lowest BCUT2D eigenvalue weighted by atomic mass is 9.89. The highest BCUT2D eigenvalue weighted by Gasteiger charge is 2.22. The second kappa shape index (κ2) is 6.83. The van der Waals surface area contributed by atoms with E-state index in [9.17, 15) is 9.90 Å². The number of aromatic nitrogens is 2. The Labute approximate surface area is 120 Å². The summed E-state index contributed by atoms with van der Waals surface area (Å²) in [5.74, 6) is 1.12. The van der Waals surface area contributed by atoms with E-state index in [2.05, 4.69) is 15.5 Å². The molecule has 114 valence electrons. The SMILES string of the molecule is CC(C)c1nnc(CCC(=O)NCC(O)C(C)(C)C)o1. The van der Waals surface area contributed by atoms with Crippen molar-refractivity contribution < 1.29 is 14.3 Å². The van der Waals surface area contributed by atoms with Crippen LogP contribution in [0.4, 0.5) is 0 Å². The van der Waals surface area contributed by atoms with E-state index in [1.54, 1.807) is 0 Å². The maximum atomic E-state index is 11.7. The average molecular weight is 283 g/mol. The summed E-state index contributed by atoms with van der Waals surface area (Å²) in [6, 6.07) is 0. The van der Waals surface area contributed by atoms with Crippen LogP contribution in [0.25, 0.3) is 0 Å². The molecule has 0 fully saturated rings. The predicted molar refractivity (Wildman–Crippen MR) is 75.2 cm³/mol. The highest BCUT2D eigenvalue weighted by molar-refractivity contribution is 5.76. The summed E-state index contributed by atoms with van der Waals surface area (Å²) in [5.41, 5.74) is -0.244. The Kier molecular flexibility index (Phi) is 5.68. The maximum Gasteiger partial charge on any atom is 0.220 e. The van der Waals surface area contributed by atoms with E-state index in [1.165, 1.54) is 0 Å². The zero-order valence-electron chi connectivity index (χ0n) is 12.9. The molecule has 1 unspecified atom stereocenters. The number of nitrogens with zero attached hydrogens (tertiary/aromatic N) is 2. The third-order valence-corrected chi connectivity index (χ3v) is 3.03. The smallest absolute Gasteiger partial charge is 0.220 e. The van der Waals surface area contributed by atoms with Crippen molar-refractivity contribution >= 4 is 5.91 Å². The molecular formula is C14H25N3O3. The number of amides is 1. The van der Waals surface area contributed by atoms with Crippen LogP contribution in [0.3, 0.4) is 0 Å². The van der Waals surface area contributed by atoms with Crippen LogP contribution in [0.15, 0.2) is 4.42 Å². The molecule has 0 aliphatic rings. The Balaban J connectivity index is 2.32. The van der Waals surface area contributed by atoms with Crippen molar-refractivity contribution in [3.63, 3.8) is 0 Å². The topological polar surface area (TPSA) is 88.2 Å². The Bertz CT molecular complexity index is 435. The average Bonchev–Trinajstić information content (AvgIpc) is 2.81. The van der Waals surface area contributed by atoms with E-state index < -0.39 is 6.10 Å². The summed E-state index contributed by atoms with van der Waals surface area (Å²) >= 11 is 0. The van der Waals surface area contributed by atoms with Gasteiger partial charge < -0.3 is 14.8 Å². The van der Waals surface area contributed by atoms with Crippen LogP contribution in [0.1, 0.15) is 58.7 Å². The Hall–Kier alpha value is -1.43. The minimum absolute atomic E-state index is 0.127. The molecule has 20 heavy (non-hydrogen) atoms. The molecule has 0 saturated carbocycles. The Morgan fingerprint density at radius 3 is 2.50 bits per heavy atom. The number of carbonyl (C=O) groups is 1. The van der Waals surface area contributed by atoms with E-state index >= 15 is 0 Å². The highest BCUT2D eigenvalue weighted by atomic mass is 16.4. The molecule has 6 heteroatoms. The quantitative estimate of drug-likeness (QED) is 0.828. The maximum absolute atomic E-state index is 11.7. The lowest BCUT2D eigenvalue weighted by Gasteiger charge is -2.25. The van der Waals surface area contributed by atoms with Gasteiger partial charge in [0.25, 0.3) is 0 Å². The third kappa shape index (κ3) is 5.28. The zero-order chi connectivity index (χ0) is 15.3. The predicted octanol–water partition coefficient (Wildman–Crippen LogP) is 1.65. The summed E-state index contributed by atoms with van der Waals surface area (Å²) in [6.45, 7) is 9.97. The van der Waals surface area contributed by atoms with Crippen molar-refractivity contribution in [1.29, 1.82) is 0 Å². The van der Waals surface area contributed by atoms with Gasteiger partial charge in [0, 0.05) is 25.3 Å². The molecule has 1 aromatic heterocycles. The lowest BCUT2D eigenvalue weighted by Crippen LogP contribution is -2.39. The van der Waals surface area contributed by atoms with Crippen molar-refractivity contribution in [1.82, 2.24) is 15.5 Å². The van der Waals surface area contributed by atoms with E-state index in [0.29, 0.717) is 18.2 Å². The molecule has 1 rings (SSSR count). The van der Waals surface area contributed by atoms with Gasteiger partial charge in [-0.15, -0.1) is 10.2 Å². The molecule has 2 N–H and O–H groups in total. The van der Waals surface area contributed by atoms with Gasteiger partial charge in [-0.25, -0.2) is 0 Å². The van der Waals surface area contributed by atoms with Gasteiger partial charge in [-0.2, -0.15) is 0 Å². The first-order valence-electron chi connectivity index (χ1n) is 6.97. The molecule has 1 amide bonds. The monoisotopic (exact) mass is 283 g/mol. The number of hydrogen-bond donors (Lipinski definition) is 2. The zero-order valence-corrected chi connectivity index (χ0v) is 12.9. The number of nitrogens with one attached hydrogen (secondary N) is 1. The summed E-state index contributed by atoms with van der Waals surface area (Å²) in [5, 5.41) is 20.3. The van der Waals surface area contributed by atoms with Crippen molar-refractivity contribution in [2.75, 3.05) is 6.54 Å². The summed E-state index contributed by atoms with van der Waals surface area (Å²) in [6.07, 6.45) is 0.121. The first-order valence-corrected chi connectivity index (χ1v) is 6.97. The standard InChI is InChI=1S/C14H25N3O3/c1-9(2)13-17-16-12(20-13)7-6-11(19)15-8-10(18)14(3,4)5/h9-10,18H,6-8H2,1-5H3,(H,15,19). The van der Waals surface area contributed by atoms with Crippen molar-refractivity contribution in [2.45, 2.75) is 59.5 Å². The normalized spacial score (nSPS) is 13.6. The second-order valence-corrected chi connectivity index (χ2v) is 6.37. The molecule has 0 radical (unpaired) electrons. The van der Waals surface area contributed by atoms with Crippen LogP contribution in [0.5, 0.6) is 0 Å². The molecule has 0 aromatic carbocycles. The molecule has 1 aromatic rings. The van der Waals surface area contributed by atoms with E-state index in [1.807, 2.05) is 34.6 Å². The fraction of sp³-hybridized carbons (Fsp3) is 0.786. The summed E-state index contributed by atoms with van der Waals surface area (Å²) in [7, 11) is 0. The third-order valence-electron chi connectivity index (χ3n) is 3.03. The van der Waals surface area contributed by atoms with Gasteiger partial charge >= 0.3 is 0 Å². The molecular weight excluding hydrogens is 258 g/mol.